The van der Waals surface area contributed by atoms with E-state index in [2.05, 4.69) is 5.10 Å². The predicted molar refractivity (Wildman–Crippen MR) is 103 cm³/mol. The van der Waals surface area contributed by atoms with Gasteiger partial charge in [0.1, 0.15) is 11.5 Å². The minimum Gasteiger partial charge on any atom is -0.481 e. The van der Waals surface area contributed by atoms with Crippen molar-refractivity contribution in [2.24, 2.45) is 24.8 Å². The van der Waals surface area contributed by atoms with E-state index in [0.717, 1.165) is 38.0 Å². The van der Waals surface area contributed by atoms with Crippen LogP contribution in [0.25, 0.3) is 11.5 Å². The van der Waals surface area contributed by atoms with Crippen molar-refractivity contribution in [3.63, 3.8) is 0 Å². The normalized spacial score (nSPS) is 24.8. The Hall–Kier alpha value is -2.57. The molecule has 0 aromatic carbocycles. The zero-order valence-corrected chi connectivity index (χ0v) is 16.4. The fourth-order valence-electron chi connectivity index (χ4n) is 4.89. The van der Waals surface area contributed by atoms with Gasteiger partial charge in [0, 0.05) is 32.8 Å². The highest BCUT2D eigenvalue weighted by molar-refractivity contribution is 5.99. The van der Waals surface area contributed by atoms with E-state index in [9.17, 15) is 9.59 Å². The van der Waals surface area contributed by atoms with E-state index in [4.69, 9.17) is 9.52 Å². The molecule has 1 saturated heterocycles. The van der Waals surface area contributed by atoms with Crippen LogP contribution in [0.15, 0.2) is 22.7 Å². The molecule has 150 valence electrons. The number of piperidine rings is 1. The number of carboxylic acids is 1. The number of furan rings is 1. The van der Waals surface area contributed by atoms with Crippen molar-refractivity contribution in [1.82, 2.24) is 14.7 Å². The Morgan fingerprint density at radius 1 is 1.25 bits per heavy atom. The highest BCUT2D eigenvalue weighted by Crippen LogP contribution is 2.40. The van der Waals surface area contributed by atoms with Gasteiger partial charge in [-0.25, -0.2) is 0 Å². The van der Waals surface area contributed by atoms with Gasteiger partial charge in [-0.05, 0) is 62.5 Å². The number of amides is 1. The zero-order valence-electron chi connectivity index (χ0n) is 16.4. The molecule has 2 fully saturated rings. The van der Waals surface area contributed by atoms with E-state index in [0.29, 0.717) is 35.4 Å². The number of rotatable bonds is 4. The van der Waals surface area contributed by atoms with E-state index in [1.165, 1.54) is 0 Å². The van der Waals surface area contributed by atoms with Crippen LogP contribution >= 0.6 is 0 Å². The molecule has 3 atom stereocenters. The van der Waals surface area contributed by atoms with Gasteiger partial charge in [-0.15, -0.1) is 0 Å². The molecule has 7 nitrogen and oxygen atoms in total. The number of aromatic nitrogens is 2. The first-order valence-corrected chi connectivity index (χ1v) is 10.0. The van der Waals surface area contributed by atoms with Crippen LogP contribution in [0.5, 0.6) is 0 Å². The number of fused-ring (bicyclic) bond motifs is 1. The molecule has 1 saturated carbocycles. The summed E-state index contributed by atoms with van der Waals surface area (Å²) in [6, 6.07) is 3.73. The summed E-state index contributed by atoms with van der Waals surface area (Å²) in [5.74, 6) is 1.99. The average Bonchev–Trinajstić information content (AvgIpc) is 3.25. The lowest BCUT2D eigenvalue weighted by Crippen LogP contribution is -2.46. The minimum atomic E-state index is -0.701. The van der Waals surface area contributed by atoms with Crippen LogP contribution < -0.4 is 0 Å². The Bertz CT molecular complexity index is 884. The van der Waals surface area contributed by atoms with Crippen LogP contribution in [-0.2, 0) is 11.8 Å². The summed E-state index contributed by atoms with van der Waals surface area (Å²) in [4.78, 5) is 26.2. The molecule has 4 rings (SSSR count). The first-order valence-electron chi connectivity index (χ1n) is 10.0. The van der Waals surface area contributed by atoms with Crippen LogP contribution in [0, 0.1) is 24.7 Å². The number of carboxylic acid groups (broad SMARTS) is 1. The Kier molecular flexibility index (Phi) is 5.00. The summed E-state index contributed by atoms with van der Waals surface area (Å²) >= 11 is 0. The monoisotopic (exact) mass is 385 g/mol. The Morgan fingerprint density at radius 3 is 2.79 bits per heavy atom. The summed E-state index contributed by atoms with van der Waals surface area (Å²) in [7, 11) is 1.81. The van der Waals surface area contributed by atoms with Gasteiger partial charge < -0.3 is 14.4 Å². The maximum atomic E-state index is 13.3. The number of aryl methyl sites for hydroxylation is 2. The lowest BCUT2D eigenvalue weighted by Gasteiger charge is -2.43. The SMILES string of the molecule is Cc1ccc(-c2nn(C)cc2C(=O)N2CCC3CC(CC(=O)O)CCC3C2)o1. The number of likely N-dealkylation sites (tertiary alicyclic amines) is 1. The van der Waals surface area contributed by atoms with E-state index in [-0.39, 0.29) is 18.2 Å². The Labute approximate surface area is 164 Å². The highest BCUT2D eigenvalue weighted by Gasteiger charge is 2.37. The summed E-state index contributed by atoms with van der Waals surface area (Å²) in [6.45, 7) is 3.33. The lowest BCUT2D eigenvalue weighted by molar-refractivity contribution is -0.138. The van der Waals surface area contributed by atoms with Gasteiger partial charge in [0.05, 0.1) is 5.56 Å². The molecular weight excluding hydrogens is 358 g/mol. The van der Waals surface area contributed by atoms with Crippen LogP contribution in [0.4, 0.5) is 0 Å². The summed E-state index contributed by atoms with van der Waals surface area (Å²) in [5, 5.41) is 13.5. The molecule has 0 spiro atoms. The van der Waals surface area contributed by atoms with Crippen LogP contribution in [-0.4, -0.2) is 44.8 Å². The van der Waals surface area contributed by atoms with Crippen molar-refractivity contribution in [3.05, 3.63) is 29.7 Å². The van der Waals surface area contributed by atoms with Crippen LogP contribution in [0.2, 0.25) is 0 Å². The molecule has 3 heterocycles. The van der Waals surface area contributed by atoms with Crippen molar-refractivity contribution >= 4 is 11.9 Å². The fraction of sp³-hybridized carbons (Fsp3) is 0.571. The molecule has 0 bridgehead atoms. The number of nitrogens with zero attached hydrogens (tertiary/aromatic N) is 3. The summed E-state index contributed by atoms with van der Waals surface area (Å²) in [5.41, 5.74) is 1.17. The third-order valence-electron chi connectivity index (χ3n) is 6.26. The molecule has 1 amide bonds. The molecule has 28 heavy (non-hydrogen) atoms. The van der Waals surface area contributed by atoms with Crippen LogP contribution in [0.1, 0.15) is 48.2 Å². The zero-order chi connectivity index (χ0) is 19.8. The van der Waals surface area contributed by atoms with Gasteiger partial charge in [-0.1, -0.05) is 0 Å². The van der Waals surface area contributed by atoms with Crippen molar-refractivity contribution in [1.29, 1.82) is 0 Å². The fourth-order valence-corrected chi connectivity index (χ4v) is 4.89. The maximum absolute atomic E-state index is 13.3. The second-order valence-corrected chi connectivity index (χ2v) is 8.31. The maximum Gasteiger partial charge on any atom is 0.303 e. The second-order valence-electron chi connectivity index (χ2n) is 8.31. The van der Waals surface area contributed by atoms with E-state index >= 15 is 0 Å². The van der Waals surface area contributed by atoms with Gasteiger partial charge in [0.25, 0.3) is 5.91 Å². The molecule has 1 N–H and O–H groups in total. The van der Waals surface area contributed by atoms with Gasteiger partial charge in [0.15, 0.2) is 5.76 Å². The van der Waals surface area contributed by atoms with Crippen molar-refractivity contribution < 1.29 is 19.1 Å². The number of carbonyl (C=O) groups is 2. The van der Waals surface area contributed by atoms with Gasteiger partial charge in [-0.3, -0.25) is 14.3 Å². The van der Waals surface area contributed by atoms with Gasteiger partial charge in [-0.2, -0.15) is 5.10 Å². The topological polar surface area (TPSA) is 88.6 Å². The average molecular weight is 385 g/mol. The van der Waals surface area contributed by atoms with Gasteiger partial charge >= 0.3 is 5.97 Å². The standard InChI is InChI=1S/C21H27N3O4/c1-13-3-6-18(28-13)20-17(12-23(2)22-20)21(27)24-8-7-15-9-14(10-19(25)26)4-5-16(15)11-24/h3,6,12,14-16H,4-5,7-11H2,1-2H3,(H,25,26). The molecule has 1 aliphatic carbocycles. The molecule has 2 aromatic heterocycles. The summed E-state index contributed by atoms with van der Waals surface area (Å²) in [6.07, 6.45) is 5.91. The van der Waals surface area contributed by atoms with Crippen molar-refractivity contribution in [2.45, 2.75) is 39.0 Å². The molecular formula is C21H27N3O4. The molecule has 2 aliphatic rings. The van der Waals surface area contributed by atoms with Gasteiger partial charge in [0.2, 0.25) is 0 Å². The largest absolute Gasteiger partial charge is 0.481 e. The second kappa shape index (κ2) is 7.45. The van der Waals surface area contributed by atoms with E-state index in [1.54, 1.807) is 10.9 Å². The molecule has 0 radical (unpaired) electrons. The van der Waals surface area contributed by atoms with Crippen molar-refractivity contribution in [2.75, 3.05) is 13.1 Å². The third-order valence-corrected chi connectivity index (χ3v) is 6.26. The molecule has 7 heteroatoms. The number of aliphatic carboxylic acids is 1. The predicted octanol–water partition coefficient (Wildman–Crippen LogP) is 3.34. The first kappa shape index (κ1) is 18.8. The molecule has 2 aromatic rings. The Morgan fingerprint density at radius 2 is 2.07 bits per heavy atom. The lowest BCUT2D eigenvalue weighted by atomic mass is 9.70. The minimum absolute atomic E-state index is 0.00302. The van der Waals surface area contributed by atoms with Crippen molar-refractivity contribution in [3.8, 4) is 11.5 Å². The first-order chi connectivity index (χ1) is 13.4. The molecule has 1 aliphatic heterocycles. The van der Waals surface area contributed by atoms with Crippen LogP contribution in [0.3, 0.4) is 0 Å². The Balaban J connectivity index is 1.47. The quantitative estimate of drug-likeness (QED) is 0.872. The number of hydrogen-bond acceptors (Lipinski definition) is 4. The van der Waals surface area contributed by atoms with E-state index in [1.807, 2.05) is 31.0 Å². The molecule has 3 unspecified atom stereocenters. The number of hydrogen-bond donors (Lipinski definition) is 1. The van der Waals surface area contributed by atoms with E-state index < -0.39 is 5.97 Å². The summed E-state index contributed by atoms with van der Waals surface area (Å²) < 4.78 is 7.35. The smallest absolute Gasteiger partial charge is 0.303 e. The number of carbonyl (C=O) groups excluding carboxylic acids is 1. The highest BCUT2D eigenvalue weighted by atomic mass is 16.4. The third kappa shape index (κ3) is 3.70.